The van der Waals surface area contributed by atoms with Gasteiger partial charge in [-0.25, -0.2) is 0 Å². The van der Waals surface area contributed by atoms with Gasteiger partial charge in [0.15, 0.2) is 5.76 Å². The molecule has 0 amide bonds. The van der Waals surface area contributed by atoms with Gasteiger partial charge in [-0.05, 0) is 19.8 Å². The average Bonchev–Trinajstić information content (AvgIpc) is 2.67. The van der Waals surface area contributed by atoms with Crippen LogP contribution in [0.2, 0.25) is 0 Å². The van der Waals surface area contributed by atoms with Crippen LogP contribution in [-0.4, -0.2) is 11.9 Å². The van der Waals surface area contributed by atoms with Crippen molar-refractivity contribution in [1.82, 2.24) is 0 Å². The first kappa shape index (κ1) is 16.3. The van der Waals surface area contributed by atoms with Crippen molar-refractivity contribution in [2.75, 3.05) is 0 Å². The summed E-state index contributed by atoms with van der Waals surface area (Å²) < 4.78 is 16.1. The molecule has 0 aliphatic rings. The smallest absolute Gasteiger partial charge is 0.311 e. The Morgan fingerprint density at radius 1 is 0.950 bits per heavy atom. The van der Waals surface area contributed by atoms with Gasteiger partial charge in [0.05, 0.1) is 0 Å². The lowest BCUT2D eigenvalue weighted by Crippen LogP contribution is -2.11. The maximum atomic E-state index is 11.6. The Labute approximate surface area is 119 Å². The van der Waals surface area contributed by atoms with Crippen molar-refractivity contribution in [2.45, 2.75) is 59.8 Å². The van der Waals surface area contributed by atoms with Crippen molar-refractivity contribution in [1.29, 1.82) is 0 Å². The molecule has 0 aromatic carbocycles. The number of hydrogen-bond acceptors (Lipinski definition) is 5. The zero-order chi connectivity index (χ0) is 15.1. The lowest BCUT2D eigenvalue weighted by molar-refractivity contribution is -0.137. The molecular formula is C15H22O5. The standard InChI is InChI=1S/C15H22O5/c1-5-8-12(16)19-14-10(4)18-11(7-3)15(14)20-13(17)9-6-2/h5-9H2,1-4H3. The minimum absolute atomic E-state index is 0.227. The van der Waals surface area contributed by atoms with E-state index < -0.39 is 0 Å². The monoisotopic (exact) mass is 282 g/mol. The molecule has 0 aliphatic heterocycles. The van der Waals surface area contributed by atoms with Crippen LogP contribution < -0.4 is 9.47 Å². The van der Waals surface area contributed by atoms with Gasteiger partial charge in [0.2, 0.25) is 11.5 Å². The van der Waals surface area contributed by atoms with E-state index in [9.17, 15) is 9.59 Å². The normalized spacial score (nSPS) is 10.4. The maximum absolute atomic E-state index is 11.6. The number of hydrogen-bond donors (Lipinski definition) is 0. The maximum Gasteiger partial charge on any atom is 0.311 e. The van der Waals surface area contributed by atoms with E-state index in [1.807, 2.05) is 20.8 Å². The molecule has 0 unspecified atom stereocenters. The third-order valence-electron chi connectivity index (χ3n) is 2.72. The fourth-order valence-corrected chi connectivity index (χ4v) is 1.76. The summed E-state index contributed by atoms with van der Waals surface area (Å²) in [7, 11) is 0. The summed E-state index contributed by atoms with van der Waals surface area (Å²) in [5, 5.41) is 0. The fourth-order valence-electron chi connectivity index (χ4n) is 1.76. The van der Waals surface area contributed by atoms with Crippen LogP contribution in [0.15, 0.2) is 4.42 Å². The first-order valence-corrected chi connectivity index (χ1v) is 7.06. The van der Waals surface area contributed by atoms with Gasteiger partial charge in [0.25, 0.3) is 0 Å². The molecule has 0 spiro atoms. The van der Waals surface area contributed by atoms with Crippen LogP contribution in [0.3, 0.4) is 0 Å². The summed E-state index contributed by atoms with van der Waals surface area (Å²) >= 11 is 0. The van der Waals surface area contributed by atoms with E-state index in [4.69, 9.17) is 13.9 Å². The lowest BCUT2D eigenvalue weighted by atomic mass is 10.3. The summed E-state index contributed by atoms with van der Waals surface area (Å²) in [5.41, 5.74) is 0. The summed E-state index contributed by atoms with van der Waals surface area (Å²) in [4.78, 5) is 23.3. The SMILES string of the molecule is CCCC(=O)Oc1c(C)oc(CC)c1OC(=O)CCC. The zero-order valence-corrected chi connectivity index (χ0v) is 12.6. The molecule has 112 valence electrons. The van der Waals surface area contributed by atoms with Gasteiger partial charge in [-0.3, -0.25) is 9.59 Å². The van der Waals surface area contributed by atoms with E-state index in [0.717, 1.165) is 0 Å². The van der Waals surface area contributed by atoms with Gasteiger partial charge in [-0.15, -0.1) is 0 Å². The molecule has 0 atom stereocenters. The highest BCUT2D eigenvalue weighted by atomic mass is 16.6. The molecule has 0 fully saturated rings. The highest BCUT2D eigenvalue weighted by Gasteiger charge is 2.24. The summed E-state index contributed by atoms with van der Waals surface area (Å²) in [6, 6.07) is 0. The highest BCUT2D eigenvalue weighted by Crippen LogP contribution is 2.38. The van der Waals surface area contributed by atoms with E-state index in [0.29, 0.717) is 43.6 Å². The molecule has 20 heavy (non-hydrogen) atoms. The minimum Gasteiger partial charge on any atom is -0.458 e. The second-order valence-electron chi connectivity index (χ2n) is 4.54. The number of furan rings is 1. The van der Waals surface area contributed by atoms with Gasteiger partial charge >= 0.3 is 11.9 Å². The van der Waals surface area contributed by atoms with Crippen molar-refractivity contribution < 1.29 is 23.5 Å². The largest absolute Gasteiger partial charge is 0.458 e. The van der Waals surface area contributed by atoms with Crippen LogP contribution in [0, 0.1) is 6.92 Å². The van der Waals surface area contributed by atoms with E-state index in [1.54, 1.807) is 6.92 Å². The van der Waals surface area contributed by atoms with E-state index in [2.05, 4.69) is 0 Å². The number of carbonyl (C=O) groups is 2. The Morgan fingerprint density at radius 2 is 1.45 bits per heavy atom. The van der Waals surface area contributed by atoms with Crippen LogP contribution in [0.5, 0.6) is 11.5 Å². The predicted molar refractivity (Wildman–Crippen MR) is 73.9 cm³/mol. The van der Waals surface area contributed by atoms with Crippen LogP contribution >= 0.6 is 0 Å². The molecule has 0 saturated carbocycles. The molecule has 1 heterocycles. The second-order valence-corrected chi connectivity index (χ2v) is 4.54. The van der Waals surface area contributed by atoms with Gasteiger partial charge in [0, 0.05) is 19.3 Å². The van der Waals surface area contributed by atoms with Crippen LogP contribution in [0.1, 0.15) is 58.0 Å². The number of aryl methyl sites for hydroxylation is 2. The summed E-state index contributed by atoms with van der Waals surface area (Å²) in [6.07, 6.45) is 2.58. The Hall–Kier alpha value is -1.78. The van der Waals surface area contributed by atoms with Crippen molar-refractivity contribution in [3.05, 3.63) is 11.5 Å². The quantitative estimate of drug-likeness (QED) is 0.715. The van der Waals surface area contributed by atoms with Crippen molar-refractivity contribution >= 4 is 11.9 Å². The fraction of sp³-hybridized carbons (Fsp3) is 0.600. The molecule has 0 saturated heterocycles. The highest BCUT2D eigenvalue weighted by molar-refractivity contribution is 5.77. The average molecular weight is 282 g/mol. The predicted octanol–water partition coefficient (Wildman–Crippen LogP) is 3.56. The lowest BCUT2D eigenvalue weighted by Gasteiger charge is -2.07. The Kier molecular flexibility index (Phi) is 6.28. The molecule has 0 N–H and O–H groups in total. The van der Waals surface area contributed by atoms with E-state index in [-0.39, 0.29) is 23.4 Å². The Balaban J connectivity index is 2.99. The molecular weight excluding hydrogens is 260 g/mol. The van der Waals surface area contributed by atoms with Gasteiger partial charge in [-0.1, -0.05) is 20.8 Å². The molecule has 0 bridgehead atoms. The van der Waals surface area contributed by atoms with Crippen molar-refractivity contribution in [3.8, 4) is 11.5 Å². The van der Waals surface area contributed by atoms with Crippen LogP contribution in [0.25, 0.3) is 0 Å². The molecule has 1 aromatic heterocycles. The number of carbonyl (C=O) groups excluding carboxylic acids is 2. The molecule has 5 nitrogen and oxygen atoms in total. The van der Waals surface area contributed by atoms with Crippen LogP contribution in [-0.2, 0) is 16.0 Å². The van der Waals surface area contributed by atoms with E-state index in [1.165, 1.54) is 0 Å². The van der Waals surface area contributed by atoms with Gasteiger partial charge in [0.1, 0.15) is 5.76 Å². The summed E-state index contributed by atoms with van der Waals surface area (Å²) in [5.74, 6) is 0.733. The summed E-state index contributed by atoms with van der Waals surface area (Å²) in [6.45, 7) is 7.35. The molecule has 0 aliphatic carbocycles. The van der Waals surface area contributed by atoms with E-state index >= 15 is 0 Å². The first-order chi connectivity index (χ1) is 9.53. The third kappa shape index (κ3) is 4.11. The van der Waals surface area contributed by atoms with Crippen molar-refractivity contribution in [3.63, 3.8) is 0 Å². The third-order valence-corrected chi connectivity index (χ3v) is 2.72. The Morgan fingerprint density at radius 3 is 1.90 bits per heavy atom. The van der Waals surface area contributed by atoms with Crippen molar-refractivity contribution in [2.24, 2.45) is 0 Å². The second kappa shape index (κ2) is 7.72. The number of esters is 2. The number of ether oxygens (including phenoxy) is 2. The van der Waals surface area contributed by atoms with Crippen LogP contribution in [0.4, 0.5) is 0 Å². The zero-order valence-electron chi connectivity index (χ0n) is 12.6. The first-order valence-electron chi connectivity index (χ1n) is 7.06. The number of rotatable bonds is 7. The molecule has 1 aromatic rings. The molecule has 1 rings (SSSR count). The molecule has 5 heteroatoms. The van der Waals surface area contributed by atoms with Gasteiger partial charge < -0.3 is 13.9 Å². The molecule has 0 radical (unpaired) electrons. The topological polar surface area (TPSA) is 65.7 Å². The minimum atomic E-state index is -0.355. The van der Waals surface area contributed by atoms with Gasteiger partial charge in [-0.2, -0.15) is 0 Å². The Bertz CT molecular complexity index is 473.